The zero-order valence-electron chi connectivity index (χ0n) is 9.66. The van der Waals surface area contributed by atoms with Gasteiger partial charge in [0.25, 0.3) is 0 Å². The summed E-state index contributed by atoms with van der Waals surface area (Å²) in [6.07, 6.45) is 2.67. The fraction of sp³-hybridized carbons (Fsp3) is 0.417. The summed E-state index contributed by atoms with van der Waals surface area (Å²) in [5.74, 6) is 1.94. The van der Waals surface area contributed by atoms with Crippen molar-refractivity contribution in [2.24, 2.45) is 0 Å². The monoisotopic (exact) mass is 219 g/mol. The summed E-state index contributed by atoms with van der Waals surface area (Å²) in [6, 6.07) is 6.07. The van der Waals surface area contributed by atoms with Crippen molar-refractivity contribution in [1.29, 1.82) is 0 Å². The maximum absolute atomic E-state index is 5.76. The lowest BCUT2D eigenvalue weighted by Gasteiger charge is -2.13. The molecule has 0 aliphatic heterocycles. The summed E-state index contributed by atoms with van der Waals surface area (Å²) in [4.78, 5) is 0. The van der Waals surface area contributed by atoms with E-state index in [9.17, 15) is 0 Å². The standard InChI is InChI=1S/C12H17N3O/c1-3-9-5-6-11(16-9)12(13-4-2)10-7-8-14-15-10/h5-8,12-13H,3-4H2,1-2H3,(H,14,15). The molecule has 0 bridgehead atoms. The molecule has 4 nitrogen and oxygen atoms in total. The zero-order chi connectivity index (χ0) is 11.4. The average molecular weight is 219 g/mol. The van der Waals surface area contributed by atoms with E-state index in [2.05, 4.69) is 29.4 Å². The Kier molecular flexibility index (Phi) is 3.41. The predicted octanol–water partition coefficient (Wildman–Crippen LogP) is 2.26. The number of furan rings is 1. The number of rotatable bonds is 5. The highest BCUT2D eigenvalue weighted by Crippen LogP contribution is 2.22. The molecule has 0 amide bonds. The number of hydrogen-bond acceptors (Lipinski definition) is 3. The topological polar surface area (TPSA) is 53.9 Å². The van der Waals surface area contributed by atoms with Gasteiger partial charge >= 0.3 is 0 Å². The second-order valence-corrected chi connectivity index (χ2v) is 3.66. The molecule has 1 atom stereocenters. The van der Waals surface area contributed by atoms with E-state index in [1.165, 1.54) is 0 Å². The third kappa shape index (κ3) is 2.17. The lowest BCUT2D eigenvalue weighted by molar-refractivity contribution is 0.422. The molecule has 0 radical (unpaired) electrons. The first-order valence-electron chi connectivity index (χ1n) is 5.66. The second kappa shape index (κ2) is 4.99. The van der Waals surface area contributed by atoms with Crippen LogP contribution in [0.5, 0.6) is 0 Å². The molecule has 0 aliphatic rings. The molecule has 2 rings (SSSR count). The van der Waals surface area contributed by atoms with Crippen molar-refractivity contribution >= 4 is 0 Å². The number of aromatic nitrogens is 2. The van der Waals surface area contributed by atoms with Gasteiger partial charge in [-0.05, 0) is 24.7 Å². The molecule has 0 aliphatic carbocycles. The minimum atomic E-state index is 0.0628. The van der Waals surface area contributed by atoms with Crippen LogP contribution < -0.4 is 5.32 Å². The maximum atomic E-state index is 5.76. The molecule has 0 fully saturated rings. The highest BCUT2D eigenvalue weighted by Gasteiger charge is 2.17. The van der Waals surface area contributed by atoms with Crippen LogP contribution in [0.4, 0.5) is 0 Å². The summed E-state index contributed by atoms with van der Waals surface area (Å²) < 4.78 is 5.76. The molecule has 2 aromatic heterocycles. The van der Waals surface area contributed by atoms with Gasteiger partial charge in [-0.25, -0.2) is 0 Å². The fourth-order valence-electron chi connectivity index (χ4n) is 1.74. The van der Waals surface area contributed by atoms with E-state index in [0.29, 0.717) is 0 Å². The first-order valence-corrected chi connectivity index (χ1v) is 5.66. The first kappa shape index (κ1) is 11.0. The van der Waals surface area contributed by atoms with Gasteiger partial charge in [0.1, 0.15) is 17.6 Å². The Morgan fingerprint density at radius 2 is 2.25 bits per heavy atom. The Balaban J connectivity index is 2.25. The van der Waals surface area contributed by atoms with Crippen LogP contribution in [0.1, 0.15) is 37.1 Å². The van der Waals surface area contributed by atoms with Crippen molar-refractivity contribution in [2.75, 3.05) is 6.54 Å². The average Bonchev–Trinajstić information content (AvgIpc) is 2.97. The lowest BCUT2D eigenvalue weighted by atomic mass is 10.1. The number of hydrogen-bond donors (Lipinski definition) is 2. The van der Waals surface area contributed by atoms with E-state index in [1.807, 2.05) is 18.2 Å². The van der Waals surface area contributed by atoms with Crippen molar-refractivity contribution in [3.63, 3.8) is 0 Å². The van der Waals surface area contributed by atoms with E-state index in [-0.39, 0.29) is 6.04 Å². The number of aryl methyl sites for hydroxylation is 1. The van der Waals surface area contributed by atoms with Crippen molar-refractivity contribution in [3.05, 3.63) is 41.6 Å². The van der Waals surface area contributed by atoms with Crippen LogP contribution >= 0.6 is 0 Å². The van der Waals surface area contributed by atoms with Crippen LogP contribution in [0.15, 0.2) is 28.8 Å². The largest absolute Gasteiger partial charge is 0.464 e. The minimum absolute atomic E-state index is 0.0628. The SMILES string of the molecule is CCNC(c1ccn[nH]1)c1ccc(CC)o1. The molecule has 0 spiro atoms. The van der Waals surface area contributed by atoms with E-state index >= 15 is 0 Å². The molecule has 2 heterocycles. The molecule has 0 saturated carbocycles. The van der Waals surface area contributed by atoms with Crippen LogP contribution in [0, 0.1) is 0 Å². The van der Waals surface area contributed by atoms with Gasteiger partial charge in [0, 0.05) is 12.6 Å². The molecule has 86 valence electrons. The Morgan fingerprint density at radius 1 is 1.38 bits per heavy atom. The number of nitrogens with one attached hydrogen (secondary N) is 2. The molecule has 1 unspecified atom stereocenters. The van der Waals surface area contributed by atoms with Crippen molar-refractivity contribution in [2.45, 2.75) is 26.3 Å². The lowest BCUT2D eigenvalue weighted by Crippen LogP contribution is -2.21. The van der Waals surface area contributed by atoms with Crippen LogP contribution in [0.2, 0.25) is 0 Å². The minimum Gasteiger partial charge on any atom is -0.464 e. The highest BCUT2D eigenvalue weighted by atomic mass is 16.3. The normalized spacial score (nSPS) is 12.9. The zero-order valence-corrected chi connectivity index (χ0v) is 9.66. The highest BCUT2D eigenvalue weighted by molar-refractivity contribution is 5.20. The van der Waals surface area contributed by atoms with Gasteiger partial charge in [0.05, 0.1) is 5.69 Å². The Labute approximate surface area is 95.1 Å². The number of H-pyrrole nitrogens is 1. The summed E-state index contributed by atoms with van der Waals surface area (Å²) >= 11 is 0. The van der Waals surface area contributed by atoms with Crippen molar-refractivity contribution < 1.29 is 4.42 Å². The third-order valence-electron chi connectivity index (χ3n) is 2.56. The van der Waals surface area contributed by atoms with Gasteiger partial charge in [-0.2, -0.15) is 5.10 Å². The molecular formula is C12H17N3O. The van der Waals surface area contributed by atoms with Crippen molar-refractivity contribution in [3.8, 4) is 0 Å². The van der Waals surface area contributed by atoms with Gasteiger partial charge < -0.3 is 9.73 Å². The van der Waals surface area contributed by atoms with Gasteiger partial charge in [0.15, 0.2) is 0 Å². The third-order valence-corrected chi connectivity index (χ3v) is 2.56. The van der Waals surface area contributed by atoms with Gasteiger partial charge in [-0.1, -0.05) is 13.8 Å². The van der Waals surface area contributed by atoms with Crippen LogP contribution in [0.3, 0.4) is 0 Å². The Morgan fingerprint density at radius 3 is 2.81 bits per heavy atom. The summed E-state index contributed by atoms with van der Waals surface area (Å²) in [7, 11) is 0. The number of aromatic amines is 1. The van der Waals surface area contributed by atoms with Gasteiger partial charge in [0.2, 0.25) is 0 Å². The number of nitrogens with zero attached hydrogens (tertiary/aromatic N) is 1. The van der Waals surface area contributed by atoms with E-state index < -0.39 is 0 Å². The summed E-state index contributed by atoms with van der Waals surface area (Å²) in [5, 5.41) is 10.3. The summed E-state index contributed by atoms with van der Waals surface area (Å²) in [5.41, 5.74) is 1.03. The van der Waals surface area contributed by atoms with Crippen LogP contribution in [0.25, 0.3) is 0 Å². The van der Waals surface area contributed by atoms with E-state index in [0.717, 1.165) is 30.2 Å². The predicted molar refractivity (Wildman–Crippen MR) is 62.2 cm³/mol. The van der Waals surface area contributed by atoms with E-state index in [4.69, 9.17) is 4.42 Å². The molecule has 2 N–H and O–H groups in total. The molecule has 4 heteroatoms. The quantitative estimate of drug-likeness (QED) is 0.811. The fourth-order valence-corrected chi connectivity index (χ4v) is 1.74. The molecule has 0 aromatic carbocycles. The second-order valence-electron chi connectivity index (χ2n) is 3.66. The Bertz CT molecular complexity index is 419. The van der Waals surface area contributed by atoms with Crippen LogP contribution in [-0.4, -0.2) is 16.7 Å². The molecular weight excluding hydrogens is 202 g/mol. The van der Waals surface area contributed by atoms with E-state index in [1.54, 1.807) is 6.20 Å². The smallest absolute Gasteiger partial charge is 0.127 e. The summed E-state index contributed by atoms with van der Waals surface area (Å²) in [6.45, 7) is 5.04. The van der Waals surface area contributed by atoms with Gasteiger partial charge in [-0.15, -0.1) is 0 Å². The Hall–Kier alpha value is -1.55. The molecule has 2 aromatic rings. The van der Waals surface area contributed by atoms with Gasteiger partial charge in [-0.3, -0.25) is 5.10 Å². The van der Waals surface area contributed by atoms with Crippen molar-refractivity contribution in [1.82, 2.24) is 15.5 Å². The molecule has 16 heavy (non-hydrogen) atoms. The maximum Gasteiger partial charge on any atom is 0.127 e. The van der Waals surface area contributed by atoms with Crippen LogP contribution in [-0.2, 0) is 6.42 Å². The molecule has 0 saturated heterocycles. The first-order chi connectivity index (χ1) is 7.85.